The molecule has 7 heteroatoms. The van der Waals surface area contributed by atoms with Crippen LogP contribution in [-0.2, 0) is 0 Å². The highest BCUT2D eigenvalue weighted by Gasteiger charge is 2.20. The van der Waals surface area contributed by atoms with Crippen molar-refractivity contribution in [1.82, 2.24) is 10.3 Å². The number of benzene rings is 1. The van der Waals surface area contributed by atoms with Crippen LogP contribution < -0.4 is 21.1 Å². The van der Waals surface area contributed by atoms with Crippen LogP contribution in [0, 0.1) is 0 Å². The molecule has 0 aliphatic carbocycles. The maximum atomic E-state index is 6.00. The van der Waals surface area contributed by atoms with Gasteiger partial charge in [0.05, 0.1) is 19.2 Å². The van der Waals surface area contributed by atoms with Crippen LogP contribution in [0.5, 0.6) is 5.75 Å². The van der Waals surface area contributed by atoms with E-state index in [0.717, 1.165) is 30.0 Å². The van der Waals surface area contributed by atoms with Crippen molar-refractivity contribution in [3.8, 4) is 5.75 Å². The molecule has 2 aromatic rings. The Morgan fingerprint density at radius 1 is 1.25 bits per heavy atom. The van der Waals surface area contributed by atoms with Gasteiger partial charge in [0, 0.05) is 36.6 Å². The van der Waals surface area contributed by atoms with E-state index in [2.05, 4.69) is 26.7 Å². The van der Waals surface area contributed by atoms with Gasteiger partial charge in [-0.15, -0.1) is 24.0 Å². The fourth-order valence-electron chi connectivity index (χ4n) is 2.56. The van der Waals surface area contributed by atoms with Crippen LogP contribution in [0.25, 0.3) is 0 Å². The molecule has 3 rings (SSSR count). The molecule has 0 spiro atoms. The zero-order chi connectivity index (χ0) is 15.9. The van der Waals surface area contributed by atoms with Gasteiger partial charge in [-0.1, -0.05) is 18.2 Å². The Balaban J connectivity index is 0.00000208. The van der Waals surface area contributed by atoms with Gasteiger partial charge in [-0.2, -0.15) is 0 Å². The lowest BCUT2D eigenvalue weighted by molar-refractivity contribution is 0.262. The minimum atomic E-state index is 0. The number of pyridine rings is 1. The number of ether oxygens (including phenoxy) is 1. The smallest absolute Gasteiger partial charge is 0.189 e. The molecule has 0 amide bonds. The quantitative estimate of drug-likeness (QED) is 0.289. The predicted octanol–water partition coefficient (Wildman–Crippen LogP) is 2.54. The summed E-state index contributed by atoms with van der Waals surface area (Å²) in [6.07, 6.45) is 4.39. The maximum Gasteiger partial charge on any atom is 0.189 e. The van der Waals surface area contributed by atoms with Gasteiger partial charge in [0.25, 0.3) is 0 Å². The number of halogens is 1. The zero-order valence-electron chi connectivity index (χ0n) is 13.3. The first kappa shape index (κ1) is 18.3. The van der Waals surface area contributed by atoms with Crippen molar-refractivity contribution >= 4 is 35.6 Å². The second-order valence-corrected chi connectivity index (χ2v) is 5.30. The molecule has 6 nitrogen and oxygen atoms in total. The Hall–Kier alpha value is -2.03. The molecular weight excluding hydrogens is 417 g/mol. The molecule has 1 atom stereocenters. The van der Waals surface area contributed by atoms with E-state index in [-0.39, 0.29) is 30.0 Å². The third-order valence-electron chi connectivity index (χ3n) is 3.68. The highest BCUT2D eigenvalue weighted by atomic mass is 127. The number of nitrogens with one attached hydrogen (secondary N) is 2. The van der Waals surface area contributed by atoms with Gasteiger partial charge in [-0.05, 0) is 18.2 Å². The average Bonchev–Trinajstić information content (AvgIpc) is 2.60. The first-order valence-corrected chi connectivity index (χ1v) is 7.75. The van der Waals surface area contributed by atoms with Gasteiger partial charge >= 0.3 is 0 Å². The molecule has 0 bridgehead atoms. The fraction of sp³-hybridized carbons (Fsp3) is 0.294. The lowest BCUT2D eigenvalue weighted by Crippen LogP contribution is -2.37. The summed E-state index contributed by atoms with van der Waals surface area (Å²) in [5, 5.41) is 6.55. The van der Waals surface area contributed by atoms with E-state index in [0.29, 0.717) is 19.1 Å². The minimum Gasteiger partial charge on any atom is -0.493 e. The monoisotopic (exact) mass is 439 g/mol. The van der Waals surface area contributed by atoms with Crippen LogP contribution in [0.3, 0.4) is 0 Å². The molecule has 1 aromatic heterocycles. The third kappa shape index (κ3) is 4.98. The number of aliphatic imine (C=N–C) groups is 1. The van der Waals surface area contributed by atoms with Crippen LogP contribution >= 0.6 is 24.0 Å². The molecule has 128 valence electrons. The van der Waals surface area contributed by atoms with Crippen molar-refractivity contribution in [2.75, 3.05) is 25.0 Å². The Bertz CT molecular complexity index is 665. The van der Waals surface area contributed by atoms with Crippen LogP contribution in [-0.4, -0.2) is 30.6 Å². The van der Waals surface area contributed by atoms with E-state index in [9.17, 15) is 0 Å². The summed E-state index contributed by atoms with van der Waals surface area (Å²) >= 11 is 0. The van der Waals surface area contributed by atoms with Crippen molar-refractivity contribution in [3.05, 3.63) is 54.4 Å². The highest BCUT2D eigenvalue weighted by molar-refractivity contribution is 14.0. The van der Waals surface area contributed by atoms with Crippen LogP contribution in [0.15, 0.2) is 53.8 Å². The van der Waals surface area contributed by atoms with Gasteiger partial charge in [-0.25, -0.2) is 0 Å². The molecule has 1 aromatic carbocycles. The summed E-state index contributed by atoms with van der Waals surface area (Å²) < 4.78 is 5.65. The topological polar surface area (TPSA) is 84.6 Å². The lowest BCUT2D eigenvalue weighted by atomic mass is 10.0. The Labute approximate surface area is 158 Å². The third-order valence-corrected chi connectivity index (χ3v) is 3.68. The average molecular weight is 439 g/mol. The number of nitrogens with two attached hydrogens (primary N) is 1. The van der Waals surface area contributed by atoms with Crippen LogP contribution in [0.2, 0.25) is 0 Å². The molecule has 0 saturated heterocycles. The normalized spacial score (nSPS) is 16.3. The molecule has 0 saturated carbocycles. The molecule has 2 heterocycles. The highest BCUT2D eigenvalue weighted by Crippen LogP contribution is 2.31. The van der Waals surface area contributed by atoms with E-state index in [1.54, 1.807) is 12.4 Å². The van der Waals surface area contributed by atoms with Gasteiger partial charge in [0.2, 0.25) is 0 Å². The molecule has 1 unspecified atom stereocenters. The lowest BCUT2D eigenvalue weighted by Gasteiger charge is -2.26. The molecule has 24 heavy (non-hydrogen) atoms. The second-order valence-electron chi connectivity index (χ2n) is 5.30. The standard InChI is InChI=1S/C17H21N5O.HI/c18-17(21-11-10-20-13-5-8-19-9-6-13)22-15-7-12-23-16-4-2-1-3-14(15)16;/h1-6,8-9,15H,7,10-12H2,(H,19,20)(H3,18,21,22);1H. The van der Waals surface area contributed by atoms with E-state index >= 15 is 0 Å². The zero-order valence-corrected chi connectivity index (χ0v) is 15.6. The maximum absolute atomic E-state index is 6.00. The summed E-state index contributed by atoms with van der Waals surface area (Å²) in [5.74, 6) is 1.38. The summed E-state index contributed by atoms with van der Waals surface area (Å²) in [6.45, 7) is 2.01. The fourth-order valence-corrected chi connectivity index (χ4v) is 2.56. The molecule has 0 fully saturated rings. The SMILES string of the molecule is I.NC(=NCCNc1ccncc1)NC1CCOc2ccccc21. The second kappa shape index (κ2) is 9.31. The first-order chi connectivity index (χ1) is 11.3. The summed E-state index contributed by atoms with van der Waals surface area (Å²) in [5.41, 5.74) is 8.16. The van der Waals surface area contributed by atoms with Crippen molar-refractivity contribution in [2.24, 2.45) is 10.7 Å². The number of rotatable bonds is 5. The van der Waals surface area contributed by atoms with Gasteiger partial charge < -0.3 is 21.1 Å². The first-order valence-electron chi connectivity index (χ1n) is 7.75. The van der Waals surface area contributed by atoms with E-state index < -0.39 is 0 Å². The Morgan fingerprint density at radius 2 is 2.04 bits per heavy atom. The van der Waals surface area contributed by atoms with Crippen molar-refractivity contribution in [3.63, 3.8) is 0 Å². The molecule has 1 aliphatic heterocycles. The minimum absolute atomic E-state index is 0. The van der Waals surface area contributed by atoms with Gasteiger partial charge in [0.15, 0.2) is 5.96 Å². The summed E-state index contributed by atoms with van der Waals surface area (Å²) in [4.78, 5) is 8.35. The molecular formula is C17H22IN5O. The summed E-state index contributed by atoms with van der Waals surface area (Å²) in [7, 11) is 0. The van der Waals surface area contributed by atoms with Crippen molar-refractivity contribution in [2.45, 2.75) is 12.5 Å². The number of aromatic nitrogens is 1. The number of hydrogen-bond donors (Lipinski definition) is 3. The largest absolute Gasteiger partial charge is 0.493 e. The Morgan fingerprint density at radius 3 is 2.88 bits per heavy atom. The Kier molecular flexibility index (Phi) is 7.10. The van der Waals surface area contributed by atoms with Crippen LogP contribution in [0.4, 0.5) is 5.69 Å². The summed E-state index contributed by atoms with van der Waals surface area (Å²) in [6, 6.07) is 12.0. The van der Waals surface area contributed by atoms with Crippen LogP contribution in [0.1, 0.15) is 18.0 Å². The number of anilines is 1. The number of para-hydroxylation sites is 1. The van der Waals surface area contributed by atoms with Gasteiger partial charge in [-0.3, -0.25) is 9.98 Å². The van der Waals surface area contributed by atoms with Crippen molar-refractivity contribution in [1.29, 1.82) is 0 Å². The number of hydrogen-bond acceptors (Lipinski definition) is 4. The van der Waals surface area contributed by atoms with Gasteiger partial charge in [0.1, 0.15) is 5.75 Å². The van der Waals surface area contributed by atoms with E-state index in [1.165, 1.54) is 0 Å². The van der Waals surface area contributed by atoms with Crippen molar-refractivity contribution < 1.29 is 4.74 Å². The predicted molar refractivity (Wildman–Crippen MR) is 107 cm³/mol. The molecule has 4 N–H and O–H groups in total. The number of guanidine groups is 1. The number of nitrogens with zero attached hydrogens (tertiary/aromatic N) is 2. The molecule has 1 aliphatic rings. The molecule has 0 radical (unpaired) electrons. The van der Waals surface area contributed by atoms with E-state index in [1.807, 2.05) is 30.3 Å². The van der Waals surface area contributed by atoms with E-state index in [4.69, 9.17) is 10.5 Å². The number of fused-ring (bicyclic) bond motifs is 1.